The second kappa shape index (κ2) is 8.31. The molecule has 2 aromatic carbocycles. The second-order valence-electron chi connectivity index (χ2n) is 7.19. The van der Waals surface area contributed by atoms with Gasteiger partial charge < -0.3 is 19.0 Å². The maximum atomic E-state index is 6.07. The van der Waals surface area contributed by atoms with Crippen LogP contribution in [0.1, 0.15) is 29.3 Å². The lowest BCUT2D eigenvalue weighted by molar-refractivity contribution is -0.149. The van der Waals surface area contributed by atoms with Gasteiger partial charge >= 0.3 is 0 Å². The summed E-state index contributed by atoms with van der Waals surface area (Å²) in [5, 5.41) is 4.48. The molecular weight excluding hydrogens is 382 g/mol. The molecule has 1 aliphatic heterocycles. The highest BCUT2D eigenvalue weighted by atomic mass is 16.7. The molecule has 2 N–H and O–H groups in total. The van der Waals surface area contributed by atoms with Crippen LogP contribution in [0.2, 0.25) is 0 Å². The van der Waals surface area contributed by atoms with Crippen LogP contribution >= 0.6 is 0 Å². The Morgan fingerprint density at radius 3 is 2.40 bits per heavy atom. The molecule has 0 bridgehead atoms. The highest BCUT2D eigenvalue weighted by Crippen LogP contribution is 2.33. The minimum Gasteiger partial charge on any atom is -0.439 e. The standard InChI is InChI=1S/C23H25N3O4/c1-16-20(22(26(3)25-16)29-19-7-5-4-6-8-19)15-21(30-24)17-9-11-18(12-10-17)23(2)27-13-14-28-23/h4-12,15H,13-14,24H2,1-3H3. The lowest BCUT2D eigenvalue weighted by atomic mass is 10.0. The zero-order valence-corrected chi connectivity index (χ0v) is 17.3. The molecular formula is C23H25N3O4. The summed E-state index contributed by atoms with van der Waals surface area (Å²) in [6.45, 7) is 4.99. The predicted molar refractivity (Wildman–Crippen MR) is 113 cm³/mol. The van der Waals surface area contributed by atoms with Gasteiger partial charge in [-0.2, -0.15) is 11.0 Å². The summed E-state index contributed by atoms with van der Waals surface area (Å²) < 4.78 is 19.2. The Hall–Kier alpha value is -3.13. The van der Waals surface area contributed by atoms with Crippen molar-refractivity contribution in [3.05, 3.63) is 77.0 Å². The fourth-order valence-electron chi connectivity index (χ4n) is 3.48. The van der Waals surface area contributed by atoms with Crippen molar-refractivity contribution < 1.29 is 19.0 Å². The number of aryl methyl sites for hydroxylation is 2. The summed E-state index contributed by atoms with van der Waals surface area (Å²) in [7, 11) is 1.84. The number of rotatable bonds is 6. The average molecular weight is 407 g/mol. The first kappa shape index (κ1) is 20.2. The average Bonchev–Trinajstić information content (AvgIpc) is 3.31. The molecule has 0 amide bonds. The predicted octanol–water partition coefficient (Wildman–Crippen LogP) is 4.13. The highest BCUT2D eigenvalue weighted by molar-refractivity contribution is 5.79. The Morgan fingerprint density at radius 1 is 1.10 bits per heavy atom. The van der Waals surface area contributed by atoms with Crippen LogP contribution in [0, 0.1) is 6.92 Å². The van der Waals surface area contributed by atoms with Gasteiger partial charge in [-0.3, -0.25) is 0 Å². The molecule has 1 saturated heterocycles. The largest absolute Gasteiger partial charge is 0.439 e. The van der Waals surface area contributed by atoms with Crippen LogP contribution in [0.15, 0.2) is 54.6 Å². The van der Waals surface area contributed by atoms with E-state index in [-0.39, 0.29) is 0 Å². The van der Waals surface area contributed by atoms with E-state index in [1.54, 1.807) is 4.68 Å². The molecule has 1 aromatic heterocycles. The fraction of sp³-hybridized carbons (Fsp3) is 0.261. The molecule has 0 unspecified atom stereocenters. The van der Waals surface area contributed by atoms with Gasteiger partial charge in [0.2, 0.25) is 5.88 Å². The third-order valence-electron chi connectivity index (χ3n) is 5.11. The smallest absolute Gasteiger partial charge is 0.225 e. The van der Waals surface area contributed by atoms with Crippen molar-refractivity contribution in [3.8, 4) is 11.6 Å². The van der Waals surface area contributed by atoms with E-state index in [0.717, 1.165) is 28.1 Å². The SMILES string of the molecule is Cc1nn(C)c(Oc2ccccc2)c1C=C(ON)c1ccc(C2(C)OCCO2)cc1. The molecule has 0 saturated carbocycles. The molecule has 7 heteroatoms. The van der Waals surface area contributed by atoms with E-state index in [2.05, 4.69) is 5.10 Å². The molecule has 4 rings (SSSR count). The van der Waals surface area contributed by atoms with Crippen LogP contribution in [0.4, 0.5) is 0 Å². The maximum Gasteiger partial charge on any atom is 0.225 e. The van der Waals surface area contributed by atoms with Crippen LogP contribution in [0.25, 0.3) is 11.8 Å². The van der Waals surface area contributed by atoms with Crippen LogP contribution in [-0.2, 0) is 27.1 Å². The summed E-state index contributed by atoms with van der Waals surface area (Å²) >= 11 is 0. The Labute approximate surface area is 175 Å². The number of ether oxygens (including phenoxy) is 3. The molecule has 156 valence electrons. The van der Waals surface area contributed by atoms with Crippen molar-refractivity contribution in [2.24, 2.45) is 12.9 Å². The van der Waals surface area contributed by atoms with E-state index in [1.165, 1.54) is 0 Å². The lowest BCUT2D eigenvalue weighted by Gasteiger charge is -2.22. The summed E-state index contributed by atoms with van der Waals surface area (Å²) in [6, 6.07) is 17.3. The van der Waals surface area contributed by atoms with Crippen molar-refractivity contribution >= 4 is 11.8 Å². The van der Waals surface area contributed by atoms with Crippen LogP contribution in [0.5, 0.6) is 11.6 Å². The molecule has 7 nitrogen and oxygen atoms in total. The fourth-order valence-corrected chi connectivity index (χ4v) is 3.48. The molecule has 3 aromatic rings. The third kappa shape index (κ3) is 3.95. The van der Waals surface area contributed by atoms with Gasteiger partial charge in [-0.05, 0) is 32.1 Å². The first-order chi connectivity index (χ1) is 14.5. The van der Waals surface area contributed by atoms with E-state index in [0.29, 0.717) is 24.9 Å². The van der Waals surface area contributed by atoms with Crippen molar-refractivity contribution in [2.45, 2.75) is 19.6 Å². The minimum absolute atomic E-state index is 0.494. The van der Waals surface area contributed by atoms with Gasteiger partial charge in [-0.1, -0.05) is 42.5 Å². The van der Waals surface area contributed by atoms with Crippen LogP contribution in [0.3, 0.4) is 0 Å². The van der Waals surface area contributed by atoms with Gasteiger partial charge in [0.1, 0.15) is 5.75 Å². The second-order valence-corrected chi connectivity index (χ2v) is 7.19. The maximum absolute atomic E-state index is 6.07. The topological polar surface area (TPSA) is 80.8 Å². The molecule has 0 radical (unpaired) electrons. The van der Waals surface area contributed by atoms with Crippen molar-refractivity contribution in [3.63, 3.8) is 0 Å². The minimum atomic E-state index is -0.720. The number of aromatic nitrogens is 2. The summed E-state index contributed by atoms with van der Waals surface area (Å²) in [5.41, 5.74) is 3.35. The van der Waals surface area contributed by atoms with Gasteiger partial charge in [-0.15, -0.1) is 0 Å². The van der Waals surface area contributed by atoms with E-state index >= 15 is 0 Å². The van der Waals surface area contributed by atoms with Crippen LogP contribution in [-0.4, -0.2) is 23.0 Å². The Kier molecular flexibility index (Phi) is 5.59. The highest BCUT2D eigenvalue weighted by Gasteiger charge is 2.33. The molecule has 0 aliphatic carbocycles. The van der Waals surface area contributed by atoms with Gasteiger partial charge in [0.25, 0.3) is 0 Å². The number of hydrogen-bond donors (Lipinski definition) is 1. The molecule has 1 aliphatic rings. The lowest BCUT2D eigenvalue weighted by Crippen LogP contribution is -2.22. The zero-order chi connectivity index (χ0) is 21.1. The zero-order valence-electron chi connectivity index (χ0n) is 17.3. The van der Waals surface area contributed by atoms with Crippen LogP contribution < -0.4 is 10.6 Å². The first-order valence-corrected chi connectivity index (χ1v) is 9.74. The van der Waals surface area contributed by atoms with E-state index < -0.39 is 5.79 Å². The summed E-state index contributed by atoms with van der Waals surface area (Å²) in [5.74, 6) is 6.71. The third-order valence-corrected chi connectivity index (χ3v) is 5.11. The summed E-state index contributed by atoms with van der Waals surface area (Å²) in [6.07, 6.45) is 1.83. The molecule has 30 heavy (non-hydrogen) atoms. The molecule has 0 atom stereocenters. The van der Waals surface area contributed by atoms with Gasteiger partial charge in [0, 0.05) is 18.2 Å². The van der Waals surface area contributed by atoms with E-state index in [9.17, 15) is 0 Å². The number of nitrogens with two attached hydrogens (primary N) is 1. The van der Waals surface area contributed by atoms with Crippen molar-refractivity contribution in [1.29, 1.82) is 0 Å². The Morgan fingerprint density at radius 2 is 1.77 bits per heavy atom. The van der Waals surface area contributed by atoms with Crippen molar-refractivity contribution in [2.75, 3.05) is 13.2 Å². The number of benzene rings is 2. The first-order valence-electron chi connectivity index (χ1n) is 9.74. The number of para-hydroxylation sites is 1. The number of nitrogens with zero attached hydrogens (tertiary/aromatic N) is 2. The van der Waals surface area contributed by atoms with E-state index in [1.807, 2.05) is 81.6 Å². The van der Waals surface area contributed by atoms with Gasteiger partial charge in [0.05, 0.1) is 24.5 Å². The van der Waals surface area contributed by atoms with Gasteiger partial charge in [0.15, 0.2) is 11.5 Å². The normalized spacial score (nSPS) is 15.9. The Balaban J connectivity index is 1.66. The monoisotopic (exact) mass is 407 g/mol. The number of hydrogen-bond acceptors (Lipinski definition) is 6. The summed E-state index contributed by atoms with van der Waals surface area (Å²) in [4.78, 5) is 5.21. The van der Waals surface area contributed by atoms with Crippen molar-refractivity contribution in [1.82, 2.24) is 9.78 Å². The Bertz CT molecular complexity index is 1040. The quantitative estimate of drug-likeness (QED) is 0.489. The molecule has 2 heterocycles. The van der Waals surface area contributed by atoms with Gasteiger partial charge in [-0.25, -0.2) is 4.68 Å². The van der Waals surface area contributed by atoms with E-state index in [4.69, 9.17) is 24.9 Å². The molecule has 1 fully saturated rings. The molecule has 0 spiro atoms.